The number of hydrogen-bond donors (Lipinski definition) is 1. The van der Waals surface area contributed by atoms with Gasteiger partial charge in [0.05, 0.1) is 43.4 Å². The predicted octanol–water partition coefficient (Wildman–Crippen LogP) is 2.20. The number of benzene rings is 1. The number of carbonyl (C=O) groups is 1. The van der Waals surface area contributed by atoms with Crippen LogP contribution in [0.5, 0.6) is 11.5 Å². The lowest BCUT2D eigenvalue weighted by molar-refractivity contribution is -0.385. The van der Waals surface area contributed by atoms with Gasteiger partial charge in [-0.2, -0.15) is 0 Å². The summed E-state index contributed by atoms with van der Waals surface area (Å²) in [6.45, 7) is 0.210. The number of carbonyl (C=O) groups excluding carboxylic acids is 1. The van der Waals surface area contributed by atoms with Crippen molar-refractivity contribution in [3.8, 4) is 11.5 Å². The van der Waals surface area contributed by atoms with E-state index in [0.29, 0.717) is 17.7 Å². The van der Waals surface area contributed by atoms with E-state index >= 15 is 0 Å². The van der Waals surface area contributed by atoms with Crippen LogP contribution in [-0.2, 0) is 4.74 Å². The smallest absolute Gasteiger partial charge is 0.407 e. The number of amides is 1. The molecule has 21 heavy (non-hydrogen) atoms. The number of rotatable bonds is 4. The molecule has 0 spiro atoms. The van der Waals surface area contributed by atoms with Crippen molar-refractivity contribution in [3.05, 3.63) is 27.8 Å². The van der Waals surface area contributed by atoms with Crippen molar-refractivity contribution in [3.63, 3.8) is 0 Å². The molecule has 0 unspecified atom stereocenters. The zero-order valence-electron chi connectivity index (χ0n) is 11.5. The molecule has 1 amide bonds. The van der Waals surface area contributed by atoms with E-state index in [-0.39, 0.29) is 30.5 Å². The Labute approximate surface area is 126 Å². The van der Waals surface area contributed by atoms with Crippen molar-refractivity contribution in [1.82, 2.24) is 5.32 Å². The van der Waals surface area contributed by atoms with Crippen LogP contribution >= 0.6 is 12.4 Å². The number of alkyl carbamates (subject to hydrolysis) is 1. The van der Waals surface area contributed by atoms with Crippen LogP contribution in [0, 0.1) is 10.1 Å². The van der Waals surface area contributed by atoms with E-state index in [2.05, 4.69) is 5.32 Å². The van der Waals surface area contributed by atoms with Gasteiger partial charge in [-0.05, 0) is 6.07 Å². The largest absolute Gasteiger partial charge is 0.493 e. The molecule has 0 saturated carbocycles. The normalized spacial score (nSPS) is 17.0. The number of hydrogen-bond acceptors (Lipinski definition) is 6. The SMILES string of the molecule is COc1cc([C@@H]2CCOC(=O)N2)c([N+](=O)[O-])cc1OC.Cl. The summed E-state index contributed by atoms with van der Waals surface area (Å²) in [6.07, 6.45) is -0.146. The lowest BCUT2D eigenvalue weighted by atomic mass is 10.0. The van der Waals surface area contributed by atoms with Gasteiger partial charge in [-0.3, -0.25) is 10.1 Å². The molecule has 1 heterocycles. The molecule has 1 aliphatic heterocycles. The van der Waals surface area contributed by atoms with Gasteiger partial charge in [-0.1, -0.05) is 0 Å². The zero-order chi connectivity index (χ0) is 14.7. The summed E-state index contributed by atoms with van der Waals surface area (Å²) in [5.41, 5.74) is 0.235. The first-order valence-corrected chi connectivity index (χ1v) is 5.90. The van der Waals surface area contributed by atoms with Gasteiger partial charge in [0.1, 0.15) is 0 Å². The number of ether oxygens (including phenoxy) is 3. The minimum atomic E-state index is -0.592. The second-order valence-corrected chi connectivity index (χ2v) is 4.14. The van der Waals surface area contributed by atoms with Crippen molar-refractivity contribution in [1.29, 1.82) is 0 Å². The van der Waals surface area contributed by atoms with Crippen molar-refractivity contribution < 1.29 is 23.9 Å². The minimum absolute atomic E-state index is 0. The highest BCUT2D eigenvalue weighted by Gasteiger charge is 2.29. The highest BCUT2D eigenvalue weighted by molar-refractivity contribution is 5.85. The van der Waals surface area contributed by atoms with Gasteiger partial charge < -0.3 is 19.5 Å². The third kappa shape index (κ3) is 3.46. The van der Waals surface area contributed by atoms with Crippen LogP contribution in [0.4, 0.5) is 10.5 Å². The molecule has 1 fully saturated rings. The molecule has 2 rings (SSSR count). The van der Waals surface area contributed by atoms with Crippen LogP contribution in [0.25, 0.3) is 0 Å². The van der Waals surface area contributed by atoms with Crippen molar-refractivity contribution >= 4 is 24.2 Å². The van der Waals surface area contributed by atoms with Crippen molar-refractivity contribution in [2.75, 3.05) is 20.8 Å². The fraction of sp³-hybridized carbons (Fsp3) is 0.417. The first-order chi connectivity index (χ1) is 9.56. The molecule has 8 nitrogen and oxygen atoms in total. The van der Waals surface area contributed by atoms with E-state index in [1.54, 1.807) is 0 Å². The van der Waals surface area contributed by atoms with Gasteiger partial charge in [-0.25, -0.2) is 4.79 Å². The standard InChI is InChI=1S/C12H14N2O6.ClH/c1-18-10-5-7(8-3-4-20-12(15)13-8)9(14(16)17)6-11(10)19-2;/h5-6,8H,3-4H2,1-2H3,(H,13,15);1H/t8-;/m0./s1. The van der Waals surface area contributed by atoms with Gasteiger partial charge in [-0.15, -0.1) is 12.4 Å². The average molecular weight is 319 g/mol. The molecule has 9 heteroatoms. The molecule has 116 valence electrons. The molecule has 0 radical (unpaired) electrons. The second-order valence-electron chi connectivity index (χ2n) is 4.14. The van der Waals surface area contributed by atoms with Crippen LogP contribution in [0.1, 0.15) is 18.0 Å². The summed E-state index contributed by atoms with van der Waals surface area (Å²) < 4.78 is 14.9. The maximum Gasteiger partial charge on any atom is 0.407 e. The number of methoxy groups -OCH3 is 2. The number of nitro benzene ring substituents is 1. The first-order valence-electron chi connectivity index (χ1n) is 5.90. The lowest BCUT2D eigenvalue weighted by Gasteiger charge is -2.24. The molecule has 0 aliphatic carbocycles. The number of nitrogens with zero attached hydrogens (tertiary/aromatic N) is 1. The number of halogens is 1. The monoisotopic (exact) mass is 318 g/mol. The summed E-state index contributed by atoms with van der Waals surface area (Å²) in [7, 11) is 2.84. The molecular formula is C12H15ClN2O6. The fourth-order valence-corrected chi connectivity index (χ4v) is 2.08. The van der Waals surface area contributed by atoms with Crippen LogP contribution in [0.15, 0.2) is 12.1 Å². The Morgan fingerprint density at radius 1 is 1.33 bits per heavy atom. The summed E-state index contributed by atoms with van der Waals surface area (Å²) in [6, 6.07) is 2.31. The van der Waals surface area contributed by atoms with Gasteiger partial charge in [0.2, 0.25) is 0 Å². The van der Waals surface area contributed by atoms with Gasteiger partial charge in [0, 0.05) is 6.42 Å². The van der Waals surface area contributed by atoms with Crippen molar-refractivity contribution in [2.24, 2.45) is 0 Å². The maximum absolute atomic E-state index is 11.2. The third-order valence-electron chi connectivity index (χ3n) is 3.04. The van der Waals surface area contributed by atoms with Gasteiger partial charge in [0.15, 0.2) is 11.5 Å². The Morgan fingerprint density at radius 3 is 2.48 bits per heavy atom. The number of nitrogens with one attached hydrogen (secondary N) is 1. The van der Waals surface area contributed by atoms with E-state index in [4.69, 9.17) is 14.2 Å². The Hall–Kier alpha value is -2.22. The molecule has 0 bridgehead atoms. The zero-order valence-corrected chi connectivity index (χ0v) is 12.3. The maximum atomic E-state index is 11.2. The first kappa shape index (κ1) is 16.8. The lowest BCUT2D eigenvalue weighted by Crippen LogP contribution is -2.35. The van der Waals surface area contributed by atoms with E-state index < -0.39 is 17.1 Å². The van der Waals surface area contributed by atoms with E-state index in [1.165, 1.54) is 26.4 Å². The van der Waals surface area contributed by atoms with Crippen LogP contribution in [-0.4, -0.2) is 31.8 Å². The van der Waals surface area contributed by atoms with Crippen LogP contribution in [0.3, 0.4) is 0 Å². The topological polar surface area (TPSA) is 99.9 Å². The molecule has 1 atom stereocenters. The highest BCUT2D eigenvalue weighted by atomic mass is 35.5. The van der Waals surface area contributed by atoms with Gasteiger partial charge >= 0.3 is 6.09 Å². The van der Waals surface area contributed by atoms with Crippen LogP contribution < -0.4 is 14.8 Å². The third-order valence-corrected chi connectivity index (χ3v) is 3.04. The molecular weight excluding hydrogens is 304 g/mol. The average Bonchev–Trinajstić information content (AvgIpc) is 2.45. The summed E-state index contributed by atoms with van der Waals surface area (Å²) >= 11 is 0. The minimum Gasteiger partial charge on any atom is -0.493 e. The molecule has 1 aliphatic rings. The fourth-order valence-electron chi connectivity index (χ4n) is 2.08. The molecule has 1 N–H and O–H groups in total. The number of cyclic esters (lactones) is 1. The second kappa shape index (κ2) is 6.98. The van der Waals surface area contributed by atoms with E-state index in [1.807, 2.05) is 0 Å². The van der Waals surface area contributed by atoms with E-state index in [0.717, 1.165) is 0 Å². The highest BCUT2D eigenvalue weighted by Crippen LogP contribution is 2.38. The molecule has 0 aromatic heterocycles. The number of nitro groups is 1. The Balaban J connectivity index is 0.00000220. The summed E-state index contributed by atoms with van der Waals surface area (Å²) in [4.78, 5) is 21.9. The predicted molar refractivity (Wildman–Crippen MR) is 75.3 cm³/mol. The molecule has 1 aromatic carbocycles. The van der Waals surface area contributed by atoms with Gasteiger partial charge in [0.25, 0.3) is 5.69 Å². The Morgan fingerprint density at radius 2 is 1.95 bits per heavy atom. The Kier molecular flexibility index (Phi) is 5.60. The summed E-state index contributed by atoms with van der Waals surface area (Å²) in [5, 5.41) is 13.7. The van der Waals surface area contributed by atoms with Crippen molar-refractivity contribution in [2.45, 2.75) is 12.5 Å². The van der Waals surface area contributed by atoms with Crippen LogP contribution in [0.2, 0.25) is 0 Å². The Bertz CT molecular complexity index is 551. The molecule has 1 aromatic rings. The summed E-state index contributed by atoms with van der Waals surface area (Å²) in [5.74, 6) is 0.634. The van der Waals surface area contributed by atoms with E-state index in [9.17, 15) is 14.9 Å². The quantitative estimate of drug-likeness (QED) is 0.674. The molecule has 1 saturated heterocycles.